The summed E-state index contributed by atoms with van der Waals surface area (Å²) in [6, 6.07) is 13.2. The maximum Gasteiger partial charge on any atom is 0.226 e. The highest BCUT2D eigenvalue weighted by atomic mass is 16.5. The highest BCUT2D eigenvalue weighted by Gasteiger charge is 2.14. The monoisotopic (exact) mass is 370 g/mol. The summed E-state index contributed by atoms with van der Waals surface area (Å²) in [7, 11) is 3.10. The predicted molar refractivity (Wildman–Crippen MR) is 105 cm³/mol. The van der Waals surface area contributed by atoms with Crippen LogP contribution < -0.4 is 14.8 Å². The second-order valence-corrected chi connectivity index (χ2v) is 6.29. The number of ether oxygens (including phenoxy) is 2. The third kappa shape index (κ3) is 6.02. The molecule has 0 aliphatic carbocycles. The van der Waals surface area contributed by atoms with Gasteiger partial charge in [0.25, 0.3) is 0 Å². The first kappa shape index (κ1) is 20.3. The molecule has 0 atom stereocenters. The SMILES string of the molecule is COc1ccc(NC(=O)CCN(Cc2cccc(C)c2)C(C)=O)c(OC)c1. The molecule has 0 saturated heterocycles. The molecule has 0 aliphatic rings. The molecule has 0 fully saturated rings. The van der Waals surface area contributed by atoms with Gasteiger partial charge < -0.3 is 19.7 Å². The largest absolute Gasteiger partial charge is 0.497 e. The van der Waals surface area contributed by atoms with Gasteiger partial charge in [0, 0.05) is 32.5 Å². The highest BCUT2D eigenvalue weighted by Crippen LogP contribution is 2.29. The summed E-state index contributed by atoms with van der Waals surface area (Å²) in [4.78, 5) is 25.9. The number of carbonyl (C=O) groups excluding carboxylic acids is 2. The first-order valence-corrected chi connectivity index (χ1v) is 8.76. The second kappa shape index (κ2) is 9.62. The molecule has 2 amide bonds. The smallest absolute Gasteiger partial charge is 0.226 e. The molecule has 1 N–H and O–H groups in total. The minimum atomic E-state index is -0.186. The highest BCUT2D eigenvalue weighted by molar-refractivity contribution is 5.92. The summed E-state index contributed by atoms with van der Waals surface area (Å²) in [6.07, 6.45) is 0.195. The number of hydrogen-bond donors (Lipinski definition) is 1. The van der Waals surface area contributed by atoms with E-state index in [1.807, 2.05) is 31.2 Å². The van der Waals surface area contributed by atoms with Crippen molar-refractivity contribution in [1.29, 1.82) is 0 Å². The predicted octanol–water partition coefficient (Wildman–Crippen LogP) is 3.39. The number of carbonyl (C=O) groups is 2. The lowest BCUT2D eigenvalue weighted by atomic mass is 10.1. The molecule has 0 radical (unpaired) electrons. The van der Waals surface area contributed by atoms with E-state index < -0.39 is 0 Å². The van der Waals surface area contributed by atoms with Crippen LogP contribution in [-0.2, 0) is 16.1 Å². The Morgan fingerprint density at radius 2 is 1.85 bits per heavy atom. The fourth-order valence-electron chi connectivity index (χ4n) is 2.73. The Kier molecular flexibility index (Phi) is 7.23. The van der Waals surface area contributed by atoms with E-state index in [-0.39, 0.29) is 18.2 Å². The van der Waals surface area contributed by atoms with E-state index in [1.165, 1.54) is 14.0 Å². The number of anilines is 1. The van der Waals surface area contributed by atoms with E-state index >= 15 is 0 Å². The molecule has 2 rings (SSSR count). The van der Waals surface area contributed by atoms with Gasteiger partial charge in [0.05, 0.1) is 19.9 Å². The molecule has 6 heteroatoms. The molecular weight excluding hydrogens is 344 g/mol. The van der Waals surface area contributed by atoms with Crippen LogP contribution in [0.15, 0.2) is 42.5 Å². The number of benzene rings is 2. The van der Waals surface area contributed by atoms with Crippen molar-refractivity contribution < 1.29 is 19.1 Å². The first-order valence-electron chi connectivity index (χ1n) is 8.76. The maximum absolute atomic E-state index is 12.3. The summed E-state index contributed by atoms with van der Waals surface area (Å²) in [5.74, 6) is 0.914. The third-order valence-corrected chi connectivity index (χ3v) is 4.19. The number of rotatable bonds is 8. The van der Waals surface area contributed by atoms with Crippen molar-refractivity contribution in [3.63, 3.8) is 0 Å². The maximum atomic E-state index is 12.3. The van der Waals surface area contributed by atoms with Crippen LogP contribution in [0, 0.1) is 6.92 Å². The van der Waals surface area contributed by atoms with E-state index in [1.54, 1.807) is 30.2 Å². The number of aryl methyl sites for hydroxylation is 1. The van der Waals surface area contributed by atoms with E-state index in [9.17, 15) is 9.59 Å². The molecule has 0 aromatic heterocycles. The number of methoxy groups -OCH3 is 2. The van der Waals surface area contributed by atoms with Gasteiger partial charge in [-0.05, 0) is 24.6 Å². The van der Waals surface area contributed by atoms with Gasteiger partial charge in [-0.25, -0.2) is 0 Å². The molecule has 6 nitrogen and oxygen atoms in total. The van der Waals surface area contributed by atoms with Crippen molar-refractivity contribution >= 4 is 17.5 Å². The second-order valence-electron chi connectivity index (χ2n) is 6.29. The first-order chi connectivity index (χ1) is 12.9. The van der Waals surface area contributed by atoms with E-state index in [0.29, 0.717) is 30.3 Å². The zero-order chi connectivity index (χ0) is 19.8. The van der Waals surface area contributed by atoms with Crippen LogP contribution in [0.25, 0.3) is 0 Å². The molecule has 2 aromatic rings. The molecule has 27 heavy (non-hydrogen) atoms. The normalized spacial score (nSPS) is 10.2. The van der Waals surface area contributed by atoms with Gasteiger partial charge in [-0.1, -0.05) is 29.8 Å². The van der Waals surface area contributed by atoms with E-state index in [2.05, 4.69) is 5.32 Å². The molecule has 2 aromatic carbocycles. The topological polar surface area (TPSA) is 67.9 Å². The molecular formula is C21H26N2O4. The zero-order valence-corrected chi connectivity index (χ0v) is 16.2. The minimum absolute atomic E-state index is 0.0636. The summed E-state index contributed by atoms with van der Waals surface area (Å²) in [5.41, 5.74) is 2.75. The molecule has 0 unspecified atom stereocenters. The lowest BCUT2D eigenvalue weighted by molar-refractivity contribution is -0.129. The number of nitrogens with one attached hydrogen (secondary N) is 1. The van der Waals surface area contributed by atoms with Gasteiger partial charge in [-0.3, -0.25) is 9.59 Å². The molecule has 0 saturated carbocycles. The quantitative estimate of drug-likeness (QED) is 0.773. The van der Waals surface area contributed by atoms with Crippen molar-refractivity contribution in [3.05, 3.63) is 53.6 Å². The van der Waals surface area contributed by atoms with Crippen molar-refractivity contribution in [2.75, 3.05) is 26.1 Å². The van der Waals surface area contributed by atoms with Gasteiger partial charge in [0.15, 0.2) is 0 Å². The Morgan fingerprint density at radius 3 is 2.48 bits per heavy atom. The van der Waals surface area contributed by atoms with Gasteiger partial charge >= 0.3 is 0 Å². The fraction of sp³-hybridized carbons (Fsp3) is 0.333. The Labute approximate surface area is 160 Å². The van der Waals surface area contributed by atoms with Gasteiger partial charge in [0.2, 0.25) is 11.8 Å². The van der Waals surface area contributed by atoms with E-state index in [0.717, 1.165) is 11.1 Å². The van der Waals surface area contributed by atoms with Crippen LogP contribution >= 0.6 is 0 Å². The third-order valence-electron chi connectivity index (χ3n) is 4.19. The summed E-state index contributed by atoms with van der Waals surface area (Å²) in [5, 5.41) is 2.82. The van der Waals surface area contributed by atoms with Crippen molar-refractivity contribution in [2.45, 2.75) is 26.8 Å². The number of nitrogens with zero attached hydrogens (tertiary/aromatic N) is 1. The van der Waals surface area contributed by atoms with Crippen molar-refractivity contribution in [3.8, 4) is 11.5 Å². The summed E-state index contributed by atoms with van der Waals surface area (Å²) >= 11 is 0. The van der Waals surface area contributed by atoms with Crippen molar-refractivity contribution in [1.82, 2.24) is 4.90 Å². The Hall–Kier alpha value is -3.02. The Morgan fingerprint density at radius 1 is 1.07 bits per heavy atom. The standard InChI is InChI=1S/C21H26N2O4/c1-15-6-5-7-17(12-15)14-23(16(2)24)11-10-21(25)22-19-9-8-18(26-3)13-20(19)27-4/h5-9,12-13H,10-11,14H2,1-4H3,(H,22,25). The van der Waals surface area contributed by atoms with Crippen molar-refractivity contribution in [2.24, 2.45) is 0 Å². The lowest BCUT2D eigenvalue weighted by Gasteiger charge is -2.21. The average Bonchev–Trinajstić information content (AvgIpc) is 2.65. The zero-order valence-electron chi connectivity index (χ0n) is 16.2. The van der Waals surface area contributed by atoms with Crippen LogP contribution in [0.5, 0.6) is 11.5 Å². The van der Waals surface area contributed by atoms with Crippen LogP contribution in [0.1, 0.15) is 24.5 Å². The van der Waals surface area contributed by atoms with Crippen LogP contribution in [0.2, 0.25) is 0 Å². The molecule has 0 heterocycles. The number of amides is 2. The van der Waals surface area contributed by atoms with Crippen LogP contribution in [0.3, 0.4) is 0 Å². The van der Waals surface area contributed by atoms with E-state index in [4.69, 9.17) is 9.47 Å². The fourth-order valence-corrected chi connectivity index (χ4v) is 2.73. The Bertz CT molecular complexity index is 805. The van der Waals surface area contributed by atoms with Crippen LogP contribution in [-0.4, -0.2) is 37.5 Å². The minimum Gasteiger partial charge on any atom is -0.497 e. The lowest BCUT2D eigenvalue weighted by Crippen LogP contribution is -2.31. The summed E-state index contributed by atoms with van der Waals surface area (Å²) in [6.45, 7) is 4.35. The number of hydrogen-bond acceptors (Lipinski definition) is 4. The average molecular weight is 370 g/mol. The Balaban J connectivity index is 1.97. The molecule has 0 aliphatic heterocycles. The molecule has 0 spiro atoms. The molecule has 144 valence electrons. The van der Waals surface area contributed by atoms with Gasteiger partial charge in [-0.15, -0.1) is 0 Å². The summed E-state index contributed by atoms with van der Waals surface area (Å²) < 4.78 is 10.4. The molecule has 0 bridgehead atoms. The van der Waals surface area contributed by atoms with Gasteiger partial charge in [-0.2, -0.15) is 0 Å². The van der Waals surface area contributed by atoms with Crippen LogP contribution in [0.4, 0.5) is 5.69 Å². The van der Waals surface area contributed by atoms with Gasteiger partial charge in [0.1, 0.15) is 11.5 Å².